The number of carbonyl (C=O) groups is 1. The van der Waals surface area contributed by atoms with Crippen molar-refractivity contribution in [2.45, 2.75) is 24.8 Å². The highest BCUT2D eigenvalue weighted by molar-refractivity contribution is 7.89. The Morgan fingerprint density at radius 2 is 1.95 bits per heavy atom. The van der Waals surface area contributed by atoms with Crippen molar-refractivity contribution in [3.05, 3.63) is 47.5 Å². The van der Waals surface area contributed by atoms with Gasteiger partial charge in [0.2, 0.25) is 10.0 Å². The van der Waals surface area contributed by atoms with Gasteiger partial charge >= 0.3 is 0 Å². The molecule has 0 fully saturated rings. The second kappa shape index (κ2) is 5.66. The minimum atomic E-state index is -3.76. The number of aromatic amines is 1. The Morgan fingerprint density at radius 1 is 1.33 bits per heavy atom. The van der Waals surface area contributed by atoms with Gasteiger partial charge in [-0.1, -0.05) is 0 Å². The summed E-state index contributed by atoms with van der Waals surface area (Å²) in [5.74, 6) is 0.333. The van der Waals surface area contributed by atoms with Crippen LogP contribution in [0, 0.1) is 6.92 Å². The Labute approximate surface area is 122 Å². The summed E-state index contributed by atoms with van der Waals surface area (Å²) in [6, 6.07) is 5.13. The normalized spacial score (nSPS) is 12.9. The molecule has 2 rings (SSSR count). The smallest absolute Gasteiger partial charge is 0.251 e. The fraction of sp³-hybridized carbons (Fsp3) is 0.231. The molecule has 1 unspecified atom stereocenters. The summed E-state index contributed by atoms with van der Waals surface area (Å²) in [5.41, 5.74) is 1.25. The van der Waals surface area contributed by atoms with E-state index in [4.69, 9.17) is 5.14 Å². The van der Waals surface area contributed by atoms with Crippen molar-refractivity contribution < 1.29 is 13.2 Å². The van der Waals surface area contributed by atoms with Crippen molar-refractivity contribution >= 4 is 15.9 Å². The van der Waals surface area contributed by atoms with Crippen molar-refractivity contribution in [3.63, 3.8) is 0 Å². The van der Waals surface area contributed by atoms with Crippen LogP contribution in [-0.2, 0) is 10.0 Å². The van der Waals surface area contributed by atoms with Gasteiger partial charge in [0.05, 0.1) is 10.9 Å². The Kier molecular flexibility index (Phi) is 4.10. The SMILES string of the molecule is Cc1cnc(C(C)NC(=O)c2ccc(S(N)(=O)=O)cc2)[nH]1. The summed E-state index contributed by atoms with van der Waals surface area (Å²) in [6.45, 7) is 3.67. The average molecular weight is 308 g/mol. The molecular formula is C13H16N4O3S. The monoisotopic (exact) mass is 308 g/mol. The number of carbonyl (C=O) groups excluding carboxylic acids is 1. The Bertz CT molecular complexity index is 750. The van der Waals surface area contributed by atoms with E-state index in [2.05, 4.69) is 15.3 Å². The van der Waals surface area contributed by atoms with Gasteiger partial charge in [-0.3, -0.25) is 4.79 Å². The first kappa shape index (κ1) is 15.2. The number of primary sulfonamides is 1. The van der Waals surface area contributed by atoms with Crippen LogP contribution in [-0.4, -0.2) is 24.3 Å². The second-order valence-electron chi connectivity index (χ2n) is 4.72. The van der Waals surface area contributed by atoms with E-state index in [0.29, 0.717) is 11.4 Å². The van der Waals surface area contributed by atoms with E-state index in [1.165, 1.54) is 24.3 Å². The highest BCUT2D eigenvalue weighted by atomic mass is 32.2. The summed E-state index contributed by atoms with van der Waals surface area (Å²) in [4.78, 5) is 19.2. The molecule has 1 heterocycles. The lowest BCUT2D eigenvalue weighted by Crippen LogP contribution is -2.27. The number of aryl methyl sites for hydroxylation is 1. The fourth-order valence-electron chi connectivity index (χ4n) is 1.80. The molecule has 4 N–H and O–H groups in total. The molecule has 1 aromatic heterocycles. The number of benzene rings is 1. The number of hydrogen-bond acceptors (Lipinski definition) is 4. The zero-order valence-corrected chi connectivity index (χ0v) is 12.4. The predicted molar refractivity (Wildman–Crippen MR) is 77.0 cm³/mol. The lowest BCUT2D eigenvalue weighted by Gasteiger charge is -2.11. The van der Waals surface area contributed by atoms with Crippen LogP contribution in [0.25, 0.3) is 0 Å². The van der Waals surface area contributed by atoms with Gasteiger partial charge < -0.3 is 10.3 Å². The number of nitrogens with one attached hydrogen (secondary N) is 2. The third-order valence-corrected chi connectivity index (χ3v) is 3.85. The van der Waals surface area contributed by atoms with Crippen LogP contribution >= 0.6 is 0 Å². The molecule has 0 saturated heterocycles. The molecule has 2 aromatic rings. The first-order valence-corrected chi connectivity index (χ1v) is 7.77. The largest absolute Gasteiger partial charge is 0.344 e. The van der Waals surface area contributed by atoms with Crippen molar-refractivity contribution in [2.24, 2.45) is 5.14 Å². The van der Waals surface area contributed by atoms with E-state index >= 15 is 0 Å². The Hall–Kier alpha value is -2.19. The standard InChI is InChI=1S/C13H16N4O3S/c1-8-7-15-12(16-8)9(2)17-13(18)10-3-5-11(6-4-10)21(14,19)20/h3-7,9H,1-2H3,(H,15,16)(H,17,18)(H2,14,19,20). The predicted octanol–water partition coefficient (Wildman–Crippen LogP) is 0.857. The zero-order chi connectivity index (χ0) is 15.6. The van der Waals surface area contributed by atoms with Crippen LogP contribution in [0.4, 0.5) is 0 Å². The maximum Gasteiger partial charge on any atom is 0.251 e. The molecule has 1 aromatic carbocycles. The van der Waals surface area contributed by atoms with E-state index in [-0.39, 0.29) is 16.8 Å². The molecule has 0 aliphatic heterocycles. The summed E-state index contributed by atoms with van der Waals surface area (Å²) in [7, 11) is -3.76. The number of rotatable bonds is 4. The van der Waals surface area contributed by atoms with Crippen LogP contribution in [0.1, 0.15) is 34.8 Å². The Morgan fingerprint density at radius 3 is 2.43 bits per heavy atom. The van der Waals surface area contributed by atoms with Crippen LogP contribution in [0.5, 0.6) is 0 Å². The topological polar surface area (TPSA) is 118 Å². The summed E-state index contributed by atoms with van der Waals surface area (Å²) < 4.78 is 22.3. The molecule has 1 atom stereocenters. The molecule has 8 heteroatoms. The second-order valence-corrected chi connectivity index (χ2v) is 6.28. The summed E-state index contributed by atoms with van der Waals surface area (Å²) in [6.07, 6.45) is 1.68. The molecule has 0 saturated carbocycles. The molecule has 0 bridgehead atoms. The lowest BCUT2D eigenvalue weighted by atomic mass is 10.2. The third kappa shape index (κ3) is 3.67. The van der Waals surface area contributed by atoms with Crippen molar-refractivity contribution in [3.8, 4) is 0 Å². The highest BCUT2D eigenvalue weighted by Gasteiger charge is 2.14. The average Bonchev–Trinajstić information content (AvgIpc) is 2.84. The van der Waals surface area contributed by atoms with Crippen LogP contribution in [0.3, 0.4) is 0 Å². The number of amides is 1. The molecular weight excluding hydrogens is 292 g/mol. The van der Waals surface area contributed by atoms with E-state index in [1.807, 2.05) is 6.92 Å². The van der Waals surface area contributed by atoms with E-state index in [9.17, 15) is 13.2 Å². The van der Waals surface area contributed by atoms with Crippen LogP contribution < -0.4 is 10.5 Å². The number of H-pyrrole nitrogens is 1. The quantitative estimate of drug-likeness (QED) is 0.776. The first-order chi connectivity index (χ1) is 9.77. The van der Waals surface area contributed by atoms with Gasteiger partial charge in [-0.25, -0.2) is 18.5 Å². The number of aromatic nitrogens is 2. The number of sulfonamides is 1. The van der Waals surface area contributed by atoms with E-state index < -0.39 is 10.0 Å². The molecule has 0 radical (unpaired) electrons. The first-order valence-electron chi connectivity index (χ1n) is 6.22. The van der Waals surface area contributed by atoms with E-state index in [1.54, 1.807) is 13.1 Å². The van der Waals surface area contributed by atoms with Gasteiger partial charge in [0.15, 0.2) is 0 Å². The minimum absolute atomic E-state index is 0.0336. The molecule has 1 amide bonds. The molecule has 0 spiro atoms. The summed E-state index contributed by atoms with van der Waals surface area (Å²) >= 11 is 0. The van der Waals surface area contributed by atoms with Crippen molar-refractivity contribution in [2.75, 3.05) is 0 Å². The van der Waals surface area contributed by atoms with Gasteiger partial charge in [0, 0.05) is 17.5 Å². The maximum absolute atomic E-state index is 12.1. The zero-order valence-electron chi connectivity index (χ0n) is 11.6. The fourth-order valence-corrected chi connectivity index (χ4v) is 2.31. The number of hydrogen-bond donors (Lipinski definition) is 3. The highest BCUT2D eigenvalue weighted by Crippen LogP contribution is 2.12. The van der Waals surface area contributed by atoms with Gasteiger partial charge in [0.1, 0.15) is 5.82 Å². The van der Waals surface area contributed by atoms with E-state index in [0.717, 1.165) is 5.69 Å². The van der Waals surface area contributed by atoms with Crippen molar-refractivity contribution in [1.29, 1.82) is 0 Å². The third-order valence-electron chi connectivity index (χ3n) is 2.93. The molecule has 21 heavy (non-hydrogen) atoms. The number of imidazole rings is 1. The van der Waals surface area contributed by atoms with Gasteiger partial charge in [-0.2, -0.15) is 0 Å². The molecule has 112 valence electrons. The van der Waals surface area contributed by atoms with Crippen LogP contribution in [0.15, 0.2) is 35.4 Å². The minimum Gasteiger partial charge on any atom is -0.344 e. The molecule has 0 aliphatic rings. The maximum atomic E-state index is 12.1. The summed E-state index contributed by atoms with van der Waals surface area (Å²) in [5, 5.41) is 7.77. The molecule has 7 nitrogen and oxygen atoms in total. The van der Waals surface area contributed by atoms with Crippen molar-refractivity contribution in [1.82, 2.24) is 15.3 Å². The number of nitrogens with two attached hydrogens (primary N) is 1. The Balaban J connectivity index is 2.10. The number of nitrogens with zero attached hydrogens (tertiary/aromatic N) is 1. The van der Waals surface area contributed by atoms with Gasteiger partial charge in [-0.05, 0) is 38.1 Å². The van der Waals surface area contributed by atoms with Crippen LogP contribution in [0.2, 0.25) is 0 Å². The molecule has 0 aliphatic carbocycles. The van der Waals surface area contributed by atoms with Gasteiger partial charge in [-0.15, -0.1) is 0 Å². The van der Waals surface area contributed by atoms with Gasteiger partial charge in [0.25, 0.3) is 5.91 Å². The lowest BCUT2D eigenvalue weighted by molar-refractivity contribution is 0.0938.